The van der Waals surface area contributed by atoms with Crippen LogP contribution in [-0.2, 0) is 0 Å². The molecule has 102 valence electrons. The highest BCUT2D eigenvalue weighted by molar-refractivity contribution is 5.55. The average molecular weight is 261 g/mol. The molecule has 0 amide bonds. The van der Waals surface area contributed by atoms with Crippen LogP contribution in [0.4, 0.5) is 11.4 Å². The van der Waals surface area contributed by atoms with Crippen LogP contribution in [0.5, 0.6) is 0 Å². The Morgan fingerprint density at radius 1 is 1.26 bits per heavy atom. The van der Waals surface area contributed by atoms with Gasteiger partial charge in [-0.05, 0) is 38.2 Å². The molecule has 2 atom stereocenters. The summed E-state index contributed by atoms with van der Waals surface area (Å²) in [5.41, 5.74) is 7.26. The second-order valence-electron chi connectivity index (χ2n) is 5.65. The number of nitrogens with zero attached hydrogens (tertiary/aromatic N) is 2. The predicted octanol–water partition coefficient (Wildman–Crippen LogP) is 2.44. The molecular formula is C14H19N3O2. The third kappa shape index (κ3) is 2.30. The maximum Gasteiger partial charge on any atom is 0.271 e. The second kappa shape index (κ2) is 4.81. The molecule has 2 fully saturated rings. The Labute approximate surface area is 112 Å². The van der Waals surface area contributed by atoms with Crippen LogP contribution < -0.4 is 10.6 Å². The molecule has 0 aliphatic carbocycles. The summed E-state index contributed by atoms with van der Waals surface area (Å²) in [4.78, 5) is 13.0. The standard InChI is InChI=1S/C14H19N3O2/c15-10-7-11-3-1-4-12(8-10)16(11)13-5-2-6-14(9-13)17(18)19/h2,5-6,9-12H,1,3-4,7-8,15H2. The van der Waals surface area contributed by atoms with Crippen LogP contribution in [0.25, 0.3) is 0 Å². The minimum absolute atomic E-state index is 0.172. The third-order valence-electron chi connectivity index (χ3n) is 4.35. The fourth-order valence-corrected chi connectivity index (χ4v) is 3.61. The first kappa shape index (κ1) is 12.4. The molecule has 0 spiro atoms. The van der Waals surface area contributed by atoms with Crippen molar-refractivity contribution >= 4 is 11.4 Å². The zero-order valence-electron chi connectivity index (χ0n) is 10.9. The number of anilines is 1. The molecule has 0 saturated carbocycles. The summed E-state index contributed by atoms with van der Waals surface area (Å²) in [6.07, 6.45) is 5.53. The van der Waals surface area contributed by atoms with Crippen molar-refractivity contribution in [3.05, 3.63) is 34.4 Å². The van der Waals surface area contributed by atoms with E-state index in [1.54, 1.807) is 18.2 Å². The van der Waals surface area contributed by atoms with Gasteiger partial charge in [0, 0.05) is 35.9 Å². The Hall–Kier alpha value is -1.62. The lowest BCUT2D eigenvalue weighted by atomic mass is 9.81. The Kier molecular flexibility index (Phi) is 3.14. The van der Waals surface area contributed by atoms with E-state index in [-0.39, 0.29) is 16.7 Å². The van der Waals surface area contributed by atoms with Crippen molar-refractivity contribution in [2.75, 3.05) is 4.90 Å². The third-order valence-corrected chi connectivity index (χ3v) is 4.35. The molecule has 2 aliphatic heterocycles. The number of non-ortho nitro benzene ring substituents is 1. The molecule has 2 unspecified atom stereocenters. The van der Waals surface area contributed by atoms with E-state index in [1.165, 1.54) is 6.42 Å². The summed E-state index contributed by atoms with van der Waals surface area (Å²) in [6.45, 7) is 0. The Bertz CT molecular complexity index is 477. The number of piperidine rings is 2. The summed E-state index contributed by atoms with van der Waals surface area (Å²) in [5.74, 6) is 0. The van der Waals surface area contributed by atoms with E-state index >= 15 is 0 Å². The normalized spacial score (nSPS) is 30.2. The summed E-state index contributed by atoms with van der Waals surface area (Å²) in [5, 5.41) is 10.9. The van der Waals surface area contributed by atoms with Gasteiger partial charge in [-0.15, -0.1) is 0 Å². The maximum atomic E-state index is 10.9. The fraction of sp³-hybridized carbons (Fsp3) is 0.571. The van der Waals surface area contributed by atoms with Crippen LogP contribution >= 0.6 is 0 Å². The van der Waals surface area contributed by atoms with Crippen LogP contribution in [0.1, 0.15) is 32.1 Å². The number of hydrogen-bond acceptors (Lipinski definition) is 4. The number of nitrogens with two attached hydrogens (primary N) is 1. The molecule has 0 radical (unpaired) electrons. The van der Waals surface area contributed by atoms with Gasteiger partial charge < -0.3 is 10.6 Å². The minimum atomic E-state index is -0.324. The molecule has 0 aromatic heterocycles. The van der Waals surface area contributed by atoms with Gasteiger partial charge in [0.25, 0.3) is 5.69 Å². The van der Waals surface area contributed by atoms with Crippen molar-refractivity contribution in [1.29, 1.82) is 0 Å². The van der Waals surface area contributed by atoms with Crippen LogP contribution in [-0.4, -0.2) is 23.0 Å². The Balaban J connectivity index is 1.92. The number of benzene rings is 1. The van der Waals surface area contributed by atoms with Crippen LogP contribution in [0.2, 0.25) is 0 Å². The van der Waals surface area contributed by atoms with Gasteiger partial charge in [0.05, 0.1) is 4.92 Å². The smallest absolute Gasteiger partial charge is 0.271 e. The van der Waals surface area contributed by atoms with Gasteiger partial charge in [-0.3, -0.25) is 10.1 Å². The van der Waals surface area contributed by atoms with E-state index in [2.05, 4.69) is 4.90 Å². The molecule has 2 bridgehead atoms. The van der Waals surface area contributed by atoms with Gasteiger partial charge in [0.2, 0.25) is 0 Å². The minimum Gasteiger partial charge on any atom is -0.365 e. The highest BCUT2D eigenvalue weighted by atomic mass is 16.6. The van der Waals surface area contributed by atoms with Crippen molar-refractivity contribution in [3.8, 4) is 0 Å². The zero-order valence-corrected chi connectivity index (χ0v) is 10.9. The first-order valence-electron chi connectivity index (χ1n) is 6.93. The van der Waals surface area contributed by atoms with E-state index < -0.39 is 0 Å². The Morgan fingerprint density at radius 3 is 2.58 bits per heavy atom. The van der Waals surface area contributed by atoms with E-state index in [0.29, 0.717) is 12.1 Å². The predicted molar refractivity (Wildman–Crippen MR) is 74.2 cm³/mol. The zero-order chi connectivity index (χ0) is 13.4. The number of nitro groups is 1. The molecule has 3 rings (SSSR count). The molecule has 2 aliphatic rings. The molecule has 5 nitrogen and oxygen atoms in total. The highest BCUT2D eigenvalue weighted by Crippen LogP contribution is 2.38. The molecular weight excluding hydrogens is 242 g/mol. The van der Waals surface area contributed by atoms with Crippen LogP contribution in [0.3, 0.4) is 0 Å². The summed E-state index contributed by atoms with van der Waals surface area (Å²) >= 11 is 0. The second-order valence-corrected chi connectivity index (χ2v) is 5.65. The van der Waals surface area contributed by atoms with Gasteiger partial charge >= 0.3 is 0 Å². The van der Waals surface area contributed by atoms with Crippen molar-refractivity contribution < 1.29 is 4.92 Å². The summed E-state index contributed by atoms with van der Waals surface area (Å²) in [6, 6.07) is 8.18. The van der Waals surface area contributed by atoms with Crippen molar-refractivity contribution in [2.24, 2.45) is 5.73 Å². The van der Waals surface area contributed by atoms with Crippen LogP contribution in [0, 0.1) is 10.1 Å². The SMILES string of the molecule is NC1CC2CCCC(C1)N2c1cccc([N+](=O)[O-])c1. The maximum absolute atomic E-state index is 10.9. The van der Waals surface area contributed by atoms with Crippen molar-refractivity contribution in [3.63, 3.8) is 0 Å². The molecule has 5 heteroatoms. The van der Waals surface area contributed by atoms with Crippen molar-refractivity contribution in [2.45, 2.75) is 50.2 Å². The monoisotopic (exact) mass is 261 g/mol. The lowest BCUT2D eigenvalue weighted by Crippen LogP contribution is -2.55. The largest absolute Gasteiger partial charge is 0.365 e. The molecule has 1 aromatic carbocycles. The molecule has 2 heterocycles. The fourth-order valence-electron chi connectivity index (χ4n) is 3.61. The quantitative estimate of drug-likeness (QED) is 0.655. The van der Waals surface area contributed by atoms with E-state index in [1.807, 2.05) is 6.07 Å². The summed E-state index contributed by atoms with van der Waals surface area (Å²) in [7, 11) is 0. The molecule has 2 N–H and O–H groups in total. The Morgan fingerprint density at radius 2 is 1.95 bits per heavy atom. The topological polar surface area (TPSA) is 72.4 Å². The number of nitro benzene ring substituents is 1. The number of fused-ring (bicyclic) bond motifs is 2. The van der Waals surface area contributed by atoms with E-state index in [4.69, 9.17) is 5.73 Å². The lowest BCUT2D eigenvalue weighted by molar-refractivity contribution is -0.384. The number of rotatable bonds is 2. The van der Waals surface area contributed by atoms with Crippen molar-refractivity contribution in [1.82, 2.24) is 0 Å². The highest BCUT2D eigenvalue weighted by Gasteiger charge is 2.37. The first-order valence-corrected chi connectivity index (χ1v) is 6.93. The van der Waals surface area contributed by atoms with E-state index in [0.717, 1.165) is 31.4 Å². The average Bonchev–Trinajstić information content (AvgIpc) is 2.37. The van der Waals surface area contributed by atoms with Gasteiger partial charge in [-0.2, -0.15) is 0 Å². The first-order chi connectivity index (χ1) is 9.15. The summed E-state index contributed by atoms with van der Waals surface area (Å²) < 4.78 is 0. The molecule has 1 aromatic rings. The van der Waals surface area contributed by atoms with Gasteiger partial charge in [0.1, 0.15) is 0 Å². The van der Waals surface area contributed by atoms with E-state index in [9.17, 15) is 10.1 Å². The molecule has 2 saturated heterocycles. The lowest BCUT2D eigenvalue weighted by Gasteiger charge is -2.49. The van der Waals surface area contributed by atoms with Crippen LogP contribution in [0.15, 0.2) is 24.3 Å². The van der Waals surface area contributed by atoms with Gasteiger partial charge in [-0.25, -0.2) is 0 Å². The molecule has 19 heavy (non-hydrogen) atoms. The van der Waals surface area contributed by atoms with Gasteiger partial charge in [0.15, 0.2) is 0 Å². The number of hydrogen-bond donors (Lipinski definition) is 1. The van der Waals surface area contributed by atoms with Gasteiger partial charge in [-0.1, -0.05) is 6.07 Å².